The van der Waals surface area contributed by atoms with E-state index in [-0.39, 0.29) is 37.5 Å². The van der Waals surface area contributed by atoms with Gasteiger partial charge in [-0.2, -0.15) is 0 Å². The Morgan fingerprint density at radius 2 is 1.94 bits per heavy atom. The van der Waals surface area contributed by atoms with Crippen LogP contribution in [0.2, 0.25) is 0 Å². The molecule has 0 fully saturated rings. The first-order chi connectivity index (χ1) is 15.4. The number of amides is 2. The summed E-state index contributed by atoms with van der Waals surface area (Å²) in [5, 5.41) is 0.795. The fraction of sp³-hybridized carbons (Fsp3) is 0.680. The second-order valence-electron chi connectivity index (χ2n) is 8.41. The first-order valence-corrected chi connectivity index (χ1v) is 12.4. The van der Waals surface area contributed by atoms with Gasteiger partial charge in [0.25, 0.3) is 0 Å². The highest BCUT2D eigenvalue weighted by Crippen LogP contribution is 2.25. The summed E-state index contributed by atoms with van der Waals surface area (Å²) in [6.07, 6.45) is 12.6. The van der Waals surface area contributed by atoms with Gasteiger partial charge < -0.3 is 15.5 Å². The Kier molecular flexibility index (Phi) is 14.2. The van der Waals surface area contributed by atoms with Crippen molar-refractivity contribution in [3.63, 3.8) is 0 Å². The highest BCUT2D eigenvalue weighted by Gasteiger charge is 2.24. The molecule has 7 heteroatoms. The maximum Gasteiger partial charge on any atom is 0.247 e. The second kappa shape index (κ2) is 16.0. The van der Waals surface area contributed by atoms with E-state index in [1.807, 2.05) is 26.0 Å². The quantitative estimate of drug-likeness (QED) is 0.284. The fourth-order valence-corrected chi connectivity index (χ4v) is 4.06. The van der Waals surface area contributed by atoms with Crippen LogP contribution in [-0.2, 0) is 9.59 Å². The molecule has 2 N–H and O–H groups in total. The number of halogens is 2. The van der Waals surface area contributed by atoms with Crippen LogP contribution in [0.25, 0.3) is 0 Å². The van der Waals surface area contributed by atoms with Crippen molar-refractivity contribution in [1.82, 2.24) is 9.80 Å². The summed E-state index contributed by atoms with van der Waals surface area (Å²) in [4.78, 5) is 29.4. The Hall–Kier alpha value is -1.66. The van der Waals surface area contributed by atoms with Crippen molar-refractivity contribution in [2.24, 2.45) is 5.73 Å². The van der Waals surface area contributed by atoms with E-state index in [1.165, 1.54) is 4.90 Å². The number of rotatable bonds is 14. The van der Waals surface area contributed by atoms with Crippen molar-refractivity contribution < 1.29 is 14.0 Å². The zero-order valence-electron chi connectivity index (χ0n) is 20.0. The molecule has 0 aromatic heterocycles. The van der Waals surface area contributed by atoms with Gasteiger partial charge in [0.1, 0.15) is 13.2 Å². The molecular weight excluding hydrogens is 429 g/mol. The molecule has 0 aliphatic heterocycles. The monoisotopic (exact) mass is 469 g/mol. The van der Waals surface area contributed by atoms with E-state index in [1.54, 1.807) is 11.0 Å². The molecule has 1 unspecified atom stereocenters. The highest BCUT2D eigenvalue weighted by atomic mass is 35.5. The third kappa shape index (κ3) is 9.86. The minimum atomic E-state index is -0.590. The molecule has 32 heavy (non-hydrogen) atoms. The van der Waals surface area contributed by atoms with Crippen molar-refractivity contribution in [3.8, 4) is 0 Å². The van der Waals surface area contributed by atoms with Gasteiger partial charge in [-0.3, -0.25) is 9.59 Å². The van der Waals surface area contributed by atoms with Gasteiger partial charge in [-0.25, -0.2) is 4.39 Å². The molecule has 0 aromatic carbocycles. The van der Waals surface area contributed by atoms with Gasteiger partial charge in [0.2, 0.25) is 11.8 Å². The van der Waals surface area contributed by atoms with Crippen LogP contribution in [0.5, 0.6) is 0 Å². The standard InChI is InChI=1S/C25H41ClFN3O2/c1-4-6-7-9-20(3)30(19-25(32)29(15-5-2)16-14-27)24(31)17-22(18-28)21-10-8-11-23(26)13-12-21/h12-13,17,20H,4-11,14-16,18-19,28H2,1-3H3/b22-17+. The Morgan fingerprint density at radius 1 is 1.19 bits per heavy atom. The lowest BCUT2D eigenvalue weighted by molar-refractivity contribution is -0.140. The molecule has 0 saturated heterocycles. The average Bonchev–Trinajstić information content (AvgIpc) is 2.99. The zero-order chi connectivity index (χ0) is 23.9. The number of nitrogens with two attached hydrogens (primary N) is 1. The van der Waals surface area contributed by atoms with Crippen LogP contribution < -0.4 is 5.73 Å². The Morgan fingerprint density at radius 3 is 2.56 bits per heavy atom. The summed E-state index contributed by atoms with van der Waals surface area (Å²) in [6, 6.07) is -0.0976. The Labute approximate surface area is 198 Å². The van der Waals surface area contributed by atoms with E-state index < -0.39 is 6.67 Å². The second-order valence-corrected chi connectivity index (χ2v) is 8.90. The van der Waals surface area contributed by atoms with E-state index in [0.717, 1.165) is 67.5 Å². The summed E-state index contributed by atoms with van der Waals surface area (Å²) < 4.78 is 13.0. The molecule has 182 valence electrons. The van der Waals surface area contributed by atoms with Crippen molar-refractivity contribution in [3.05, 3.63) is 34.4 Å². The molecule has 1 atom stereocenters. The molecule has 1 rings (SSSR count). The smallest absolute Gasteiger partial charge is 0.247 e. The maximum atomic E-state index is 13.3. The van der Waals surface area contributed by atoms with Gasteiger partial charge in [0.05, 0.1) is 0 Å². The summed E-state index contributed by atoms with van der Waals surface area (Å²) in [5.74, 6) is -0.439. The molecule has 1 aliphatic carbocycles. The molecule has 2 amide bonds. The topological polar surface area (TPSA) is 66.6 Å². The molecule has 1 aliphatic rings. The number of carbonyl (C=O) groups is 2. The van der Waals surface area contributed by atoms with Crippen LogP contribution in [0.15, 0.2) is 34.4 Å². The maximum absolute atomic E-state index is 13.3. The number of carbonyl (C=O) groups excluding carboxylic acids is 2. The van der Waals surface area contributed by atoms with Crippen molar-refractivity contribution >= 4 is 23.4 Å². The van der Waals surface area contributed by atoms with Crippen LogP contribution >= 0.6 is 11.6 Å². The highest BCUT2D eigenvalue weighted by molar-refractivity contribution is 6.29. The van der Waals surface area contributed by atoms with Gasteiger partial charge >= 0.3 is 0 Å². The minimum Gasteiger partial charge on any atom is -0.339 e. The number of unbranched alkanes of at least 4 members (excludes halogenated alkanes) is 2. The van der Waals surface area contributed by atoms with Gasteiger partial charge in [0.15, 0.2) is 0 Å². The van der Waals surface area contributed by atoms with E-state index in [9.17, 15) is 14.0 Å². The molecule has 0 spiro atoms. The molecular formula is C25H41ClFN3O2. The summed E-state index contributed by atoms with van der Waals surface area (Å²) >= 11 is 6.15. The predicted octanol–water partition coefficient (Wildman–Crippen LogP) is 5.11. The van der Waals surface area contributed by atoms with Gasteiger partial charge in [-0.05, 0) is 56.3 Å². The Bertz CT molecular complexity index is 685. The van der Waals surface area contributed by atoms with Gasteiger partial charge in [0, 0.05) is 36.8 Å². The van der Waals surface area contributed by atoms with Crippen LogP contribution in [0.4, 0.5) is 4.39 Å². The van der Waals surface area contributed by atoms with Crippen LogP contribution in [0.1, 0.15) is 72.1 Å². The Balaban J connectivity index is 3.11. The molecule has 0 saturated carbocycles. The van der Waals surface area contributed by atoms with E-state index in [0.29, 0.717) is 6.54 Å². The number of hydrogen-bond donors (Lipinski definition) is 1. The summed E-state index contributed by atoms with van der Waals surface area (Å²) in [7, 11) is 0. The first-order valence-electron chi connectivity index (χ1n) is 12.0. The number of hydrogen-bond acceptors (Lipinski definition) is 3. The SMILES string of the molecule is CCCCCC(C)N(CC(=O)N(CCC)CCF)C(=O)/C=C(\CN)C1=CC=C(Cl)CCC1. The third-order valence-electron chi connectivity index (χ3n) is 5.80. The van der Waals surface area contributed by atoms with Crippen molar-refractivity contribution in [2.45, 2.75) is 78.2 Å². The first kappa shape index (κ1) is 28.4. The molecule has 0 radical (unpaired) electrons. The number of alkyl halides is 1. The van der Waals surface area contributed by atoms with E-state index in [2.05, 4.69) is 6.92 Å². The molecule has 0 aromatic rings. The summed E-state index contributed by atoms with van der Waals surface area (Å²) in [6.45, 7) is 6.20. The van der Waals surface area contributed by atoms with E-state index >= 15 is 0 Å². The fourth-order valence-electron chi connectivity index (χ4n) is 3.86. The predicted molar refractivity (Wildman–Crippen MR) is 131 cm³/mol. The normalized spacial score (nSPS) is 15.5. The molecule has 0 heterocycles. The largest absolute Gasteiger partial charge is 0.339 e. The third-order valence-corrected chi connectivity index (χ3v) is 6.12. The average molecular weight is 470 g/mol. The van der Waals surface area contributed by atoms with Crippen molar-refractivity contribution in [2.75, 3.05) is 32.9 Å². The van der Waals surface area contributed by atoms with Crippen LogP contribution in [0.3, 0.4) is 0 Å². The lowest BCUT2D eigenvalue weighted by Crippen LogP contribution is -2.47. The molecule has 5 nitrogen and oxygen atoms in total. The summed E-state index contributed by atoms with van der Waals surface area (Å²) in [5.41, 5.74) is 7.76. The number of allylic oxidation sites excluding steroid dienone is 3. The lowest BCUT2D eigenvalue weighted by Gasteiger charge is -2.31. The van der Waals surface area contributed by atoms with Crippen LogP contribution in [-0.4, -0.2) is 60.5 Å². The zero-order valence-corrected chi connectivity index (χ0v) is 20.8. The van der Waals surface area contributed by atoms with Gasteiger partial charge in [-0.1, -0.05) is 50.8 Å². The van der Waals surface area contributed by atoms with Gasteiger partial charge in [-0.15, -0.1) is 0 Å². The number of nitrogens with zero attached hydrogens (tertiary/aromatic N) is 2. The van der Waals surface area contributed by atoms with Crippen LogP contribution in [0, 0.1) is 0 Å². The lowest BCUT2D eigenvalue weighted by atomic mass is 10.00. The minimum absolute atomic E-state index is 0.0503. The molecule has 0 bridgehead atoms. The van der Waals surface area contributed by atoms with E-state index in [4.69, 9.17) is 17.3 Å². The van der Waals surface area contributed by atoms with Crippen molar-refractivity contribution in [1.29, 1.82) is 0 Å².